The highest BCUT2D eigenvalue weighted by atomic mass is 35.5. The maximum Gasteiger partial charge on any atom is 0.142 e. The number of nitrogens with zero attached hydrogens (tertiary/aromatic N) is 1. The van der Waals surface area contributed by atoms with Gasteiger partial charge in [-0.1, -0.05) is 11.6 Å². The van der Waals surface area contributed by atoms with E-state index in [1.165, 1.54) is 17.0 Å². The molecule has 0 aliphatic heterocycles. The van der Waals surface area contributed by atoms with Crippen LogP contribution in [0.25, 0.3) is 0 Å². The van der Waals surface area contributed by atoms with Crippen LogP contribution in [0.2, 0.25) is 5.02 Å². The van der Waals surface area contributed by atoms with Gasteiger partial charge in [0.25, 0.3) is 0 Å². The second-order valence-electron chi connectivity index (χ2n) is 4.88. The molecule has 0 atom stereocenters. The summed E-state index contributed by atoms with van der Waals surface area (Å²) in [6, 6.07) is 7.85. The standard InChI is InChI=1S/C16H21ClN2O/c1-5-20-16-7-6-14(17)9-15(16)18-10-13-8-11(2)19(4)12(13)3/h6-9,18H,5,10H2,1-4H3. The summed E-state index contributed by atoms with van der Waals surface area (Å²) >= 11 is 6.06. The molecule has 0 saturated carbocycles. The average molecular weight is 293 g/mol. The highest BCUT2D eigenvalue weighted by Crippen LogP contribution is 2.29. The maximum absolute atomic E-state index is 6.06. The lowest BCUT2D eigenvalue weighted by molar-refractivity contribution is 0.341. The molecule has 0 amide bonds. The normalized spacial score (nSPS) is 10.7. The number of anilines is 1. The van der Waals surface area contributed by atoms with Crippen molar-refractivity contribution >= 4 is 17.3 Å². The number of ether oxygens (including phenoxy) is 1. The summed E-state index contributed by atoms with van der Waals surface area (Å²) in [4.78, 5) is 0. The van der Waals surface area contributed by atoms with E-state index in [9.17, 15) is 0 Å². The molecule has 2 rings (SSSR count). The molecule has 20 heavy (non-hydrogen) atoms. The number of hydrogen-bond donors (Lipinski definition) is 1. The van der Waals surface area contributed by atoms with Gasteiger partial charge < -0.3 is 14.6 Å². The highest BCUT2D eigenvalue weighted by molar-refractivity contribution is 6.30. The van der Waals surface area contributed by atoms with Gasteiger partial charge in [-0.05, 0) is 50.6 Å². The van der Waals surface area contributed by atoms with Crippen molar-refractivity contribution in [1.29, 1.82) is 0 Å². The Kier molecular flexibility index (Phi) is 4.61. The van der Waals surface area contributed by atoms with Crippen LogP contribution in [0.4, 0.5) is 5.69 Å². The number of benzene rings is 1. The van der Waals surface area contributed by atoms with Gasteiger partial charge in [-0.15, -0.1) is 0 Å². The zero-order valence-corrected chi connectivity index (χ0v) is 13.2. The van der Waals surface area contributed by atoms with Crippen LogP contribution in [0, 0.1) is 13.8 Å². The number of rotatable bonds is 5. The lowest BCUT2D eigenvalue weighted by Crippen LogP contribution is -2.04. The monoisotopic (exact) mass is 292 g/mol. The minimum atomic E-state index is 0.639. The second kappa shape index (κ2) is 6.23. The Hall–Kier alpha value is -1.61. The Morgan fingerprint density at radius 1 is 1.25 bits per heavy atom. The summed E-state index contributed by atoms with van der Waals surface area (Å²) in [5, 5.41) is 4.12. The number of hydrogen-bond acceptors (Lipinski definition) is 2. The zero-order chi connectivity index (χ0) is 14.7. The highest BCUT2D eigenvalue weighted by Gasteiger charge is 2.08. The van der Waals surface area contributed by atoms with Crippen molar-refractivity contribution in [3.05, 3.63) is 46.2 Å². The molecule has 0 spiro atoms. The molecule has 0 aliphatic carbocycles. The van der Waals surface area contributed by atoms with Crippen LogP contribution in [0.3, 0.4) is 0 Å². The molecule has 1 heterocycles. The molecule has 4 heteroatoms. The van der Waals surface area contributed by atoms with E-state index in [2.05, 4.69) is 36.8 Å². The van der Waals surface area contributed by atoms with Crippen LogP contribution < -0.4 is 10.1 Å². The predicted octanol–water partition coefficient (Wildman–Crippen LogP) is 4.31. The first kappa shape index (κ1) is 14.8. The van der Waals surface area contributed by atoms with E-state index in [0.717, 1.165) is 18.0 Å². The molecule has 1 aromatic heterocycles. The zero-order valence-electron chi connectivity index (χ0n) is 12.5. The maximum atomic E-state index is 6.06. The molecule has 0 aliphatic rings. The van der Waals surface area contributed by atoms with Gasteiger partial charge in [0.05, 0.1) is 12.3 Å². The van der Waals surface area contributed by atoms with E-state index in [4.69, 9.17) is 16.3 Å². The lowest BCUT2D eigenvalue weighted by Gasteiger charge is -2.13. The van der Waals surface area contributed by atoms with Crippen molar-refractivity contribution in [1.82, 2.24) is 4.57 Å². The second-order valence-corrected chi connectivity index (χ2v) is 5.32. The SMILES string of the molecule is CCOc1ccc(Cl)cc1NCc1cc(C)n(C)c1C. The molecule has 0 bridgehead atoms. The van der Waals surface area contributed by atoms with E-state index in [0.29, 0.717) is 11.6 Å². The molecule has 2 aromatic rings. The number of nitrogens with one attached hydrogen (secondary N) is 1. The largest absolute Gasteiger partial charge is 0.492 e. The van der Waals surface area contributed by atoms with Crippen molar-refractivity contribution in [2.24, 2.45) is 7.05 Å². The van der Waals surface area contributed by atoms with Gasteiger partial charge in [-0.3, -0.25) is 0 Å². The van der Waals surface area contributed by atoms with Crippen molar-refractivity contribution in [3.63, 3.8) is 0 Å². The van der Waals surface area contributed by atoms with Crippen LogP contribution in [-0.2, 0) is 13.6 Å². The Bertz CT molecular complexity index is 605. The van der Waals surface area contributed by atoms with Crippen LogP contribution in [0.15, 0.2) is 24.3 Å². The van der Waals surface area contributed by atoms with Gasteiger partial charge in [-0.25, -0.2) is 0 Å². The Labute approximate surface area is 125 Å². The number of aryl methyl sites for hydroxylation is 1. The lowest BCUT2D eigenvalue weighted by atomic mass is 10.2. The first-order valence-electron chi connectivity index (χ1n) is 6.81. The van der Waals surface area contributed by atoms with E-state index < -0.39 is 0 Å². The van der Waals surface area contributed by atoms with Crippen molar-refractivity contribution < 1.29 is 4.74 Å². The third-order valence-electron chi connectivity index (χ3n) is 3.59. The summed E-state index contributed by atoms with van der Waals surface area (Å²) in [7, 11) is 2.08. The molecule has 0 unspecified atom stereocenters. The smallest absolute Gasteiger partial charge is 0.142 e. The molecular formula is C16H21ClN2O. The fraction of sp³-hybridized carbons (Fsp3) is 0.375. The van der Waals surface area contributed by atoms with E-state index in [1.807, 2.05) is 25.1 Å². The molecule has 1 aromatic carbocycles. The van der Waals surface area contributed by atoms with Crippen molar-refractivity contribution in [3.8, 4) is 5.75 Å². The van der Waals surface area contributed by atoms with E-state index >= 15 is 0 Å². The topological polar surface area (TPSA) is 26.2 Å². The molecule has 108 valence electrons. The van der Waals surface area contributed by atoms with Gasteiger partial charge in [0.1, 0.15) is 5.75 Å². The third kappa shape index (κ3) is 3.10. The van der Waals surface area contributed by atoms with Gasteiger partial charge in [-0.2, -0.15) is 0 Å². The minimum absolute atomic E-state index is 0.639. The number of halogens is 1. The van der Waals surface area contributed by atoms with Gasteiger partial charge in [0.2, 0.25) is 0 Å². The fourth-order valence-corrected chi connectivity index (χ4v) is 2.40. The molecule has 0 radical (unpaired) electrons. The summed E-state index contributed by atoms with van der Waals surface area (Å²) in [6.07, 6.45) is 0. The Morgan fingerprint density at radius 2 is 2.00 bits per heavy atom. The summed E-state index contributed by atoms with van der Waals surface area (Å²) < 4.78 is 7.81. The molecular weight excluding hydrogens is 272 g/mol. The van der Waals surface area contributed by atoms with E-state index in [1.54, 1.807) is 0 Å². The number of aromatic nitrogens is 1. The van der Waals surface area contributed by atoms with Crippen molar-refractivity contribution in [2.45, 2.75) is 27.3 Å². The summed E-state index contributed by atoms with van der Waals surface area (Å²) in [5.74, 6) is 0.835. The summed E-state index contributed by atoms with van der Waals surface area (Å²) in [5.41, 5.74) is 4.75. The Balaban J connectivity index is 2.17. The third-order valence-corrected chi connectivity index (χ3v) is 3.83. The predicted molar refractivity (Wildman–Crippen MR) is 84.8 cm³/mol. The van der Waals surface area contributed by atoms with E-state index in [-0.39, 0.29) is 0 Å². The quantitative estimate of drug-likeness (QED) is 0.889. The Morgan fingerprint density at radius 3 is 2.60 bits per heavy atom. The van der Waals surface area contributed by atoms with Crippen molar-refractivity contribution in [2.75, 3.05) is 11.9 Å². The average Bonchev–Trinajstić information content (AvgIpc) is 2.67. The minimum Gasteiger partial charge on any atom is -0.492 e. The van der Waals surface area contributed by atoms with Crippen LogP contribution in [0.5, 0.6) is 5.75 Å². The first-order chi connectivity index (χ1) is 9.52. The summed E-state index contributed by atoms with van der Waals surface area (Å²) in [6.45, 7) is 7.61. The van der Waals surface area contributed by atoms with Gasteiger partial charge >= 0.3 is 0 Å². The van der Waals surface area contributed by atoms with Crippen LogP contribution in [-0.4, -0.2) is 11.2 Å². The molecule has 0 fully saturated rings. The molecule has 0 saturated heterocycles. The van der Waals surface area contributed by atoms with Gasteiger partial charge in [0, 0.05) is 30.0 Å². The first-order valence-corrected chi connectivity index (χ1v) is 7.18. The molecule has 3 nitrogen and oxygen atoms in total. The van der Waals surface area contributed by atoms with Crippen LogP contribution in [0.1, 0.15) is 23.9 Å². The fourth-order valence-electron chi connectivity index (χ4n) is 2.22. The molecule has 1 N–H and O–H groups in total. The van der Waals surface area contributed by atoms with Gasteiger partial charge in [0.15, 0.2) is 0 Å². The van der Waals surface area contributed by atoms with Crippen LogP contribution >= 0.6 is 11.6 Å².